The van der Waals surface area contributed by atoms with Gasteiger partial charge in [0.2, 0.25) is 5.91 Å². The minimum Gasteiger partial charge on any atom is -0.347 e. The first-order valence-electron chi connectivity index (χ1n) is 5.84. The van der Waals surface area contributed by atoms with Crippen LogP contribution in [-0.4, -0.2) is 18.5 Å². The van der Waals surface area contributed by atoms with E-state index in [2.05, 4.69) is 16.7 Å². The van der Waals surface area contributed by atoms with Gasteiger partial charge in [0.1, 0.15) is 0 Å². The lowest BCUT2D eigenvalue weighted by atomic mass is 10.0. The molecule has 1 aromatic heterocycles. The number of piperidine rings is 1. The maximum Gasteiger partial charge on any atom is 0.237 e. The molecule has 0 radical (unpaired) electrons. The SMILES string of the molecule is C[C@@H](NC(=O)C1CCCCN1)c1cccs1. The van der Waals surface area contributed by atoms with E-state index in [1.807, 2.05) is 18.4 Å². The molecule has 88 valence electrons. The van der Waals surface area contributed by atoms with Crippen LogP contribution in [0.5, 0.6) is 0 Å². The zero-order valence-corrected chi connectivity index (χ0v) is 10.3. The fourth-order valence-corrected chi connectivity index (χ4v) is 2.73. The van der Waals surface area contributed by atoms with Crippen molar-refractivity contribution in [3.63, 3.8) is 0 Å². The summed E-state index contributed by atoms with van der Waals surface area (Å²) in [4.78, 5) is 13.1. The predicted octanol–water partition coefficient (Wildman–Crippen LogP) is 2.07. The standard InChI is InChI=1S/C12H18N2OS/c1-9(11-6-4-8-16-11)14-12(15)10-5-2-3-7-13-10/h4,6,8-10,13H,2-3,5,7H2,1H3,(H,14,15)/t9-,10?/m1/s1. The Morgan fingerprint density at radius 3 is 3.12 bits per heavy atom. The first-order chi connectivity index (χ1) is 7.77. The third-order valence-corrected chi connectivity index (χ3v) is 4.01. The first kappa shape index (κ1) is 11.6. The summed E-state index contributed by atoms with van der Waals surface area (Å²) >= 11 is 1.68. The average Bonchev–Trinajstić information content (AvgIpc) is 2.83. The summed E-state index contributed by atoms with van der Waals surface area (Å²) in [5.74, 6) is 0.139. The lowest BCUT2D eigenvalue weighted by molar-refractivity contribution is -0.124. The minimum atomic E-state index is 0.0103. The summed E-state index contributed by atoms with van der Waals surface area (Å²) < 4.78 is 0. The summed E-state index contributed by atoms with van der Waals surface area (Å²) in [7, 11) is 0. The zero-order valence-electron chi connectivity index (χ0n) is 9.53. The Balaban J connectivity index is 1.86. The number of hydrogen-bond donors (Lipinski definition) is 2. The second kappa shape index (κ2) is 5.46. The molecule has 4 heteroatoms. The molecule has 1 saturated heterocycles. The number of hydrogen-bond acceptors (Lipinski definition) is 3. The van der Waals surface area contributed by atoms with Crippen LogP contribution >= 0.6 is 11.3 Å². The van der Waals surface area contributed by atoms with Gasteiger partial charge in [-0.25, -0.2) is 0 Å². The Bertz CT molecular complexity index is 331. The number of carbonyl (C=O) groups excluding carboxylic acids is 1. The molecule has 0 bridgehead atoms. The van der Waals surface area contributed by atoms with Crippen molar-refractivity contribution in [2.75, 3.05) is 6.54 Å². The molecule has 1 aromatic rings. The minimum absolute atomic E-state index is 0.0103. The fraction of sp³-hybridized carbons (Fsp3) is 0.583. The highest BCUT2D eigenvalue weighted by Crippen LogP contribution is 2.18. The highest BCUT2D eigenvalue weighted by Gasteiger charge is 2.22. The molecule has 16 heavy (non-hydrogen) atoms. The molecule has 2 heterocycles. The quantitative estimate of drug-likeness (QED) is 0.846. The van der Waals surface area contributed by atoms with Crippen LogP contribution < -0.4 is 10.6 Å². The molecule has 2 atom stereocenters. The van der Waals surface area contributed by atoms with Crippen molar-refractivity contribution in [3.8, 4) is 0 Å². The smallest absolute Gasteiger partial charge is 0.237 e. The summed E-state index contributed by atoms with van der Waals surface area (Å²) in [6, 6.07) is 4.21. The number of thiophene rings is 1. The van der Waals surface area contributed by atoms with Crippen LogP contribution in [0.25, 0.3) is 0 Å². The van der Waals surface area contributed by atoms with Crippen molar-refractivity contribution in [1.29, 1.82) is 0 Å². The lowest BCUT2D eigenvalue weighted by Crippen LogP contribution is -2.47. The second-order valence-corrected chi connectivity index (χ2v) is 5.23. The first-order valence-corrected chi connectivity index (χ1v) is 6.72. The van der Waals surface area contributed by atoms with E-state index in [0.717, 1.165) is 19.4 Å². The van der Waals surface area contributed by atoms with E-state index >= 15 is 0 Å². The van der Waals surface area contributed by atoms with Crippen molar-refractivity contribution in [1.82, 2.24) is 10.6 Å². The number of nitrogens with one attached hydrogen (secondary N) is 2. The monoisotopic (exact) mass is 238 g/mol. The Kier molecular flexibility index (Phi) is 3.96. The maximum absolute atomic E-state index is 11.9. The normalized spacial score (nSPS) is 22.7. The van der Waals surface area contributed by atoms with Gasteiger partial charge in [0.25, 0.3) is 0 Å². The molecule has 2 rings (SSSR count). The van der Waals surface area contributed by atoms with E-state index in [1.54, 1.807) is 11.3 Å². The summed E-state index contributed by atoms with van der Waals surface area (Å²) in [6.45, 7) is 3.00. The Labute approximate surface area is 100 Å². The lowest BCUT2D eigenvalue weighted by Gasteiger charge is -2.24. The molecule has 0 aromatic carbocycles. The van der Waals surface area contributed by atoms with Crippen LogP contribution in [-0.2, 0) is 4.79 Å². The van der Waals surface area contributed by atoms with Crippen LogP contribution in [0.3, 0.4) is 0 Å². The van der Waals surface area contributed by atoms with Crippen molar-refractivity contribution in [2.24, 2.45) is 0 Å². The molecular formula is C12H18N2OS. The van der Waals surface area contributed by atoms with Gasteiger partial charge in [-0.2, -0.15) is 0 Å². The Morgan fingerprint density at radius 1 is 1.62 bits per heavy atom. The van der Waals surface area contributed by atoms with Gasteiger partial charge in [-0.1, -0.05) is 12.5 Å². The van der Waals surface area contributed by atoms with Crippen LogP contribution in [0.1, 0.15) is 37.1 Å². The molecule has 1 fully saturated rings. The van der Waals surface area contributed by atoms with Gasteiger partial charge in [-0.15, -0.1) is 11.3 Å². The third-order valence-electron chi connectivity index (χ3n) is 2.96. The van der Waals surface area contributed by atoms with Gasteiger partial charge in [-0.05, 0) is 37.8 Å². The molecule has 1 amide bonds. The largest absolute Gasteiger partial charge is 0.347 e. The fourth-order valence-electron chi connectivity index (χ4n) is 2.00. The van der Waals surface area contributed by atoms with E-state index in [-0.39, 0.29) is 18.0 Å². The van der Waals surface area contributed by atoms with Crippen LogP contribution in [0.4, 0.5) is 0 Å². The van der Waals surface area contributed by atoms with Gasteiger partial charge >= 0.3 is 0 Å². The number of rotatable bonds is 3. The predicted molar refractivity (Wildman–Crippen MR) is 66.5 cm³/mol. The molecule has 1 aliphatic heterocycles. The van der Waals surface area contributed by atoms with Crippen LogP contribution in [0.2, 0.25) is 0 Å². The highest BCUT2D eigenvalue weighted by atomic mass is 32.1. The van der Waals surface area contributed by atoms with Crippen LogP contribution in [0.15, 0.2) is 17.5 Å². The molecule has 1 unspecified atom stereocenters. The van der Waals surface area contributed by atoms with Crippen molar-refractivity contribution < 1.29 is 4.79 Å². The summed E-state index contributed by atoms with van der Waals surface area (Å²) in [5.41, 5.74) is 0. The molecule has 2 N–H and O–H groups in total. The van der Waals surface area contributed by atoms with Gasteiger partial charge in [0.15, 0.2) is 0 Å². The van der Waals surface area contributed by atoms with Gasteiger partial charge in [-0.3, -0.25) is 4.79 Å². The van der Waals surface area contributed by atoms with E-state index in [4.69, 9.17) is 0 Å². The molecule has 3 nitrogen and oxygen atoms in total. The van der Waals surface area contributed by atoms with Crippen molar-refractivity contribution in [2.45, 2.75) is 38.3 Å². The van der Waals surface area contributed by atoms with Crippen LogP contribution in [0, 0.1) is 0 Å². The van der Waals surface area contributed by atoms with E-state index in [0.29, 0.717) is 0 Å². The van der Waals surface area contributed by atoms with Gasteiger partial charge in [0, 0.05) is 4.88 Å². The Hall–Kier alpha value is -0.870. The van der Waals surface area contributed by atoms with Crippen molar-refractivity contribution >= 4 is 17.2 Å². The average molecular weight is 238 g/mol. The summed E-state index contributed by atoms with van der Waals surface area (Å²) in [5, 5.41) is 8.36. The molecule has 1 aliphatic rings. The zero-order chi connectivity index (χ0) is 11.4. The van der Waals surface area contributed by atoms with Gasteiger partial charge in [0.05, 0.1) is 12.1 Å². The maximum atomic E-state index is 11.9. The topological polar surface area (TPSA) is 41.1 Å². The highest BCUT2D eigenvalue weighted by molar-refractivity contribution is 7.10. The summed E-state index contributed by atoms with van der Waals surface area (Å²) in [6.07, 6.45) is 3.30. The van der Waals surface area contributed by atoms with Crippen molar-refractivity contribution in [3.05, 3.63) is 22.4 Å². The Morgan fingerprint density at radius 2 is 2.50 bits per heavy atom. The van der Waals surface area contributed by atoms with Gasteiger partial charge < -0.3 is 10.6 Å². The van der Waals surface area contributed by atoms with E-state index < -0.39 is 0 Å². The molecular weight excluding hydrogens is 220 g/mol. The molecule has 0 saturated carbocycles. The van der Waals surface area contributed by atoms with E-state index in [9.17, 15) is 4.79 Å². The molecule has 0 aliphatic carbocycles. The molecule has 0 spiro atoms. The number of amides is 1. The van der Waals surface area contributed by atoms with E-state index in [1.165, 1.54) is 11.3 Å². The second-order valence-electron chi connectivity index (χ2n) is 4.25. The number of carbonyl (C=O) groups is 1. The third kappa shape index (κ3) is 2.83.